The van der Waals surface area contributed by atoms with E-state index >= 15 is 0 Å². The van der Waals surface area contributed by atoms with Crippen LogP contribution in [0.5, 0.6) is 0 Å². The zero-order chi connectivity index (χ0) is 12.8. The summed E-state index contributed by atoms with van der Waals surface area (Å²) in [5.41, 5.74) is 5.56. The van der Waals surface area contributed by atoms with Crippen molar-refractivity contribution in [1.82, 2.24) is 5.32 Å². The lowest BCUT2D eigenvalue weighted by Gasteiger charge is -2.23. The number of carbonyl (C=O) groups is 1. The van der Waals surface area contributed by atoms with Crippen LogP contribution in [0.25, 0.3) is 0 Å². The van der Waals surface area contributed by atoms with Crippen LogP contribution in [0.3, 0.4) is 0 Å². The van der Waals surface area contributed by atoms with Crippen LogP contribution in [0.15, 0.2) is 0 Å². The summed E-state index contributed by atoms with van der Waals surface area (Å²) in [6.45, 7) is 0.814. The Morgan fingerprint density at radius 1 is 1.11 bits per heavy atom. The van der Waals surface area contributed by atoms with Gasteiger partial charge in [0.15, 0.2) is 0 Å². The molecule has 2 rings (SSSR count). The van der Waals surface area contributed by atoms with Crippen molar-refractivity contribution >= 4 is 5.91 Å². The first-order valence-electron chi connectivity index (χ1n) is 7.78. The van der Waals surface area contributed by atoms with Crippen molar-refractivity contribution in [3.63, 3.8) is 0 Å². The maximum absolute atomic E-state index is 12.0. The third kappa shape index (κ3) is 3.71. The molecule has 0 saturated heterocycles. The van der Waals surface area contributed by atoms with E-state index in [1.54, 1.807) is 0 Å². The molecule has 3 nitrogen and oxygen atoms in total. The Balaban J connectivity index is 1.58. The van der Waals surface area contributed by atoms with E-state index in [1.807, 2.05) is 0 Å². The van der Waals surface area contributed by atoms with E-state index < -0.39 is 5.54 Å². The second kappa shape index (κ2) is 6.55. The number of rotatable bonds is 5. The highest BCUT2D eigenvalue weighted by Crippen LogP contribution is 2.28. The minimum absolute atomic E-state index is 0.0867. The molecule has 0 heterocycles. The van der Waals surface area contributed by atoms with Gasteiger partial charge in [-0.3, -0.25) is 4.79 Å². The van der Waals surface area contributed by atoms with Gasteiger partial charge >= 0.3 is 0 Å². The molecule has 0 radical (unpaired) electrons. The van der Waals surface area contributed by atoms with Crippen LogP contribution in [0, 0.1) is 5.92 Å². The molecule has 1 amide bonds. The highest BCUT2D eigenvalue weighted by molar-refractivity contribution is 5.86. The van der Waals surface area contributed by atoms with Crippen molar-refractivity contribution in [3.05, 3.63) is 0 Å². The number of nitrogens with one attached hydrogen (secondary N) is 1. The minimum Gasteiger partial charge on any atom is -0.355 e. The molecule has 0 unspecified atom stereocenters. The monoisotopic (exact) mass is 252 g/mol. The Bertz CT molecular complexity index is 266. The van der Waals surface area contributed by atoms with Crippen LogP contribution < -0.4 is 11.1 Å². The Morgan fingerprint density at radius 3 is 2.44 bits per heavy atom. The molecule has 2 aliphatic carbocycles. The molecule has 0 atom stereocenters. The van der Waals surface area contributed by atoms with Crippen molar-refractivity contribution in [2.24, 2.45) is 11.7 Å². The van der Waals surface area contributed by atoms with Crippen molar-refractivity contribution in [2.45, 2.75) is 76.2 Å². The van der Waals surface area contributed by atoms with Crippen molar-refractivity contribution in [2.75, 3.05) is 6.54 Å². The summed E-state index contributed by atoms with van der Waals surface area (Å²) in [6.07, 6.45) is 13.4. The molecular formula is C15H28N2O. The molecular weight excluding hydrogens is 224 g/mol. The maximum atomic E-state index is 12.0. The quantitative estimate of drug-likeness (QED) is 0.739. The van der Waals surface area contributed by atoms with E-state index in [2.05, 4.69) is 5.32 Å². The SMILES string of the molecule is NC1(C(=O)NCCCC2CCCCC2)CCCC1. The molecule has 0 aliphatic heterocycles. The van der Waals surface area contributed by atoms with Crippen LogP contribution in [-0.2, 0) is 4.79 Å². The molecule has 0 aromatic rings. The van der Waals surface area contributed by atoms with Gasteiger partial charge in [0.1, 0.15) is 0 Å². The van der Waals surface area contributed by atoms with E-state index in [1.165, 1.54) is 38.5 Å². The Labute approximate surface area is 111 Å². The summed E-state index contributed by atoms with van der Waals surface area (Å²) in [4.78, 5) is 12.0. The lowest BCUT2D eigenvalue weighted by Crippen LogP contribution is -2.52. The van der Waals surface area contributed by atoms with Gasteiger partial charge in [-0.2, -0.15) is 0 Å². The largest absolute Gasteiger partial charge is 0.355 e. The van der Waals surface area contributed by atoms with E-state index in [0.717, 1.165) is 44.6 Å². The number of nitrogens with two attached hydrogens (primary N) is 1. The molecule has 0 bridgehead atoms. The molecule has 3 N–H and O–H groups in total. The third-order valence-electron chi connectivity index (χ3n) is 4.75. The standard InChI is InChI=1S/C15H28N2O/c16-15(10-4-5-11-15)14(18)17-12-6-9-13-7-2-1-3-8-13/h13H,1-12,16H2,(H,17,18). The van der Waals surface area contributed by atoms with Crippen molar-refractivity contribution in [3.8, 4) is 0 Å². The Kier molecular flexibility index (Phi) is 5.04. The third-order valence-corrected chi connectivity index (χ3v) is 4.75. The zero-order valence-corrected chi connectivity index (χ0v) is 11.5. The summed E-state index contributed by atoms with van der Waals surface area (Å²) >= 11 is 0. The maximum Gasteiger partial charge on any atom is 0.240 e. The van der Waals surface area contributed by atoms with Gasteiger partial charge in [-0.25, -0.2) is 0 Å². The predicted octanol–water partition coefficient (Wildman–Crippen LogP) is 2.73. The van der Waals surface area contributed by atoms with Crippen molar-refractivity contribution in [1.29, 1.82) is 0 Å². The van der Waals surface area contributed by atoms with Gasteiger partial charge in [-0.1, -0.05) is 44.9 Å². The summed E-state index contributed by atoms with van der Waals surface area (Å²) < 4.78 is 0. The highest BCUT2D eigenvalue weighted by atomic mass is 16.2. The first-order chi connectivity index (χ1) is 8.71. The average molecular weight is 252 g/mol. The molecule has 104 valence electrons. The molecule has 0 aromatic carbocycles. The number of hydrogen-bond acceptors (Lipinski definition) is 2. The summed E-state index contributed by atoms with van der Waals surface area (Å²) in [5, 5.41) is 3.04. The fourth-order valence-electron chi connectivity index (χ4n) is 3.48. The summed E-state index contributed by atoms with van der Waals surface area (Å²) in [6, 6.07) is 0. The summed E-state index contributed by atoms with van der Waals surface area (Å²) in [7, 11) is 0. The van der Waals surface area contributed by atoms with Gasteiger partial charge < -0.3 is 11.1 Å². The Morgan fingerprint density at radius 2 is 1.78 bits per heavy atom. The van der Waals surface area contributed by atoms with Gasteiger partial charge in [0.2, 0.25) is 5.91 Å². The summed E-state index contributed by atoms with van der Waals surface area (Å²) in [5.74, 6) is 0.998. The minimum atomic E-state index is -0.551. The molecule has 3 heteroatoms. The lowest BCUT2D eigenvalue weighted by molar-refractivity contribution is -0.126. The second-order valence-electron chi connectivity index (χ2n) is 6.27. The number of carbonyl (C=O) groups excluding carboxylic acids is 1. The van der Waals surface area contributed by atoms with E-state index in [4.69, 9.17) is 5.73 Å². The lowest BCUT2D eigenvalue weighted by atomic mass is 9.86. The van der Waals surface area contributed by atoms with Crippen LogP contribution in [-0.4, -0.2) is 18.0 Å². The predicted molar refractivity (Wildman–Crippen MR) is 74.2 cm³/mol. The van der Waals surface area contributed by atoms with Gasteiger partial charge in [-0.15, -0.1) is 0 Å². The zero-order valence-electron chi connectivity index (χ0n) is 11.5. The second-order valence-corrected chi connectivity index (χ2v) is 6.27. The molecule has 0 aromatic heterocycles. The first-order valence-corrected chi connectivity index (χ1v) is 7.78. The smallest absolute Gasteiger partial charge is 0.240 e. The van der Waals surface area contributed by atoms with Gasteiger partial charge in [0, 0.05) is 6.54 Å². The highest BCUT2D eigenvalue weighted by Gasteiger charge is 2.36. The van der Waals surface area contributed by atoms with Crippen LogP contribution >= 0.6 is 0 Å². The number of hydrogen-bond donors (Lipinski definition) is 2. The van der Waals surface area contributed by atoms with Gasteiger partial charge in [0.05, 0.1) is 5.54 Å². The van der Waals surface area contributed by atoms with Crippen LogP contribution in [0.4, 0.5) is 0 Å². The topological polar surface area (TPSA) is 55.1 Å². The molecule has 0 spiro atoms. The molecule has 2 fully saturated rings. The van der Waals surface area contributed by atoms with Crippen LogP contribution in [0.1, 0.15) is 70.6 Å². The number of amides is 1. The first kappa shape index (κ1) is 13.9. The van der Waals surface area contributed by atoms with E-state index in [-0.39, 0.29) is 5.91 Å². The van der Waals surface area contributed by atoms with Gasteiger partial charge in [0.25, 0.3) is 0 Å². The molecule has 2 aliphatic rings. The van der Waals surface area contributed by atoms with E-state index in [9.17, 15) is 4.79 Å². The fraction of sp³-hybridized carbons (Fsp3) is 0.933. The van der Waals surface area contributed by atoms with E-state index in [0.29, 0.717) is 0 Å². The van der Waals surface area contributed by atoms with Gasteiger partial charge in [-0.05, 0) is 31.6 Å². The fourth-order valence-corrected chi connectivity index (χ4v) is 3.48. The van der Waals surface area contributed by atoms with Crippen molar-refractivity contribution < 1.29 is 4.79 Å². The normalized spacial score (nSPS) is 24.1. The average Bonchev–Trinajstić information content (AvgIpc) is 2.84. The molecule has 2 saturated carbocycles. The van der Waals surface area contributed by atoms with Crippen LogP contribution in [0.2, 0.25) is 0 Å². The Hall–Kier alpha value is -0.570. The molecule has 18 heavy (non-hydrogen) atoms.